The second kappa shape index (κ2) is 6.56. The van der Waals surface area contributed by atoms with Crippen LogP contribution >= 0.6 is 11.6 Å². The molecule has 3 heteroatoms. The molecule has 0 spiro atoms. The van der Waals surface area contributed by atoms with Crippen molar-refractivity contribution >= 4 is 33.5 Å². The Hall–Kier alpha value is -3.54. The summed E-state index contributed by atoms with van der Waals surface area (Å²) in [6.45, 7) is 0. The molecule has 28 heavy (non-hydrogen) atoms. The molecule has 0 bridgehead atoms. The van der Waals surface area contributed by atoms with Crippen LogP contribution in [-0.2, 0) is 0 Å². The van der Waals surface area contributed by atoms with Gasteiger partial charge in [0.05, 0.1) is 16.7 Å². The third kappa shape index (κ3) is 2.74. The van der Waals surface area contributed by atoms with Crippen LogP contribution in [-0.4, -0.2) is 0 Å². The minimum Gasteiger partial charge on any atom is -0.456 e. The Morgan fingerprint density at radius 3 is 2.11 bits per heavy atom. The fourth-order valence-corrected chi connectivity index (χ4v) is 3.85. The Morgan fingerprint density at radius 1 is 0.679 bits per heavy atom. The van der Waals surface area contributed by atoms with Gasteiger partial charge in [-0.2, -0.15) is 5.26 Å². The van der Waals surface area contributed by atoms with E-state index in [1.165, 1.54) is 0 Å². The molecule has 0 amide bonds. The number of hydrogen-bond donors (Lipinski definition) is 0. The van der Waals surface area contributed by atoms with Gasteiger partial charge in [-0.15, -0.1) is 0 Å². The van der Waals surface area contributed by atoms with Crippen molar-refractivity contribution in [1.29, 1.82) is 5.26 Å². The summed E-state index contributed by atoms with van der Waals surface area (Å²) in [7, 11) is 0. The first kappa shape index (κ1) is 16.6. The summed E-state index contributed by atoms with van der Waals surface area (Å²) in [4.78, 5) is 0. The fourth-order valence-electron chi connectivity index (χ4n) is 3.59. The minimum atomic E-state index is 0.663. The number of fused-ring (bicyclic) bond motifs is 3. The van der Waals surface area contributed by atoms with Gasteiger partial charge in [-0.1, -0.05) is 60.1 Å². The number of nitrogens with zero attached hydrogens (tertiary/aromatic N) is 1. The third-order valence-corrected chi connectivity index (χ3v) is 5.30. The molecule has 4 aromatic carbocycles. The second-order valence-electron chi connectivity index (χ2n) is 6.70. The summed E-state index contributed by atoms with van der Waals surface area (Å²) in [6, 6.07) is 30.1. The van der Waals surface area contributed by atoms with E-state index in [4.69, 9.17) is 21.3 Å². The van der Waals surface area contributed by atoms with Gasteiger partial charge in [-0.3, -0.25) is 0 Å². The van der Waals surface area contributed by atoms with Crippen molar-refractivity contribution in [3.63, 3.8) is 0 Å². The van der Waals surface area contributed by atoms with E-state index in [1.54, 1.807) is 0 Å². The molecule has 0 unspecified atom stereocenters. The van der Waals surface area contributed by atoms with Crippen molar-refractivity contribution in [2.24, 2.45) is 0 Å². The van der Waals surface area contributed by atoms with Crippen molar-refractivity contribution in [2.75, 3.05) is 0 Å². The molecule has 1 heterocycles. The molecule has 132 valence electrons. The Kier molecular flexibility index (Phi) is 3.90. The van der Waals surface area contributed by atoms with Crippen molar-refractivity contribution < 1.29 is 4.42 Å². The number of rotatable bonds is 2. The zero-order valence-electron chi connectivity index (χ0n) is 14.8. The molecule has 0 aliphatic rings. The monoisotopic (exact) mass is 379 g/mol. The molecule has 0 radical (unpaired) electrons. The molecule has 0 aliphatic carbocycles. The van der Waals surface area contributed by atoms with E-state index in [0.717, 1.165) is 44.2 Å². The van der Waals surface area contributed by atoms with Gasteiger partial charge in [0.25, 0.3) is 0 Å². The molecule has 0 aliphatic heterocycles. The number of furan rings is 1. The molecule has 0 N–H and O–H groups in total. The van der Waals surface area contributed by atoms with E-state index in [-0.39, 0.29) is 0 Å². The molecule has 1 aromatic heterocycles. The van der Waals surface area contributed by atoms with Crippen LogP contribution < -0.4 is 0 Å². The van der Waals surface area contributed by atoms with Gasteiger partial charge in [0.2, 0.25) is 0 Å². The standard InChI is InChI=1S/C25H14ClNO/c26-22-5-2-6-24-25(22)21-14-20(11-12-23(21)28-24)18-9-7-17(8-10-18)19-4-1-3-16(13-19)15-27/h1-14H. The first-order valence-electron chi connectivity index (χ1n) is 8.95. The summed E-state index contributed by atoms with van der Waals surface area (Å²) < 4.78 is 5.91. The zero-order valence-corrected chi connectivity index (χ0v) is 15.6. The number of nitriles is 1. The average Bonchev–Trinajstić information content (AvgIpc) is 3.13. The molecule has 0 fully saturated rings. The highest BCUT2D eigenvalue weighted by Gasteiger charge is 2.11. The molecule has 0 atom stereocenters. The molecule has 5 aromatic rings. The lowest BCUT2D eigenvalue weighted by Gasteiger charge is -2.06. The summed E-state index contributed by atoms with van der Waals surface area (Å²) in [5.41, 5.74) is 6.63. The maximum absolute atomic E-state index is 9.10. The fraction of sp³-hybridized carbons (Fsp3) is 0. The Morgan fingerprint density at radius 2 is 1.36 bits per heavy atom. The quantitative estimate of drug-likeness (QED) is 0.319. The van der Waals surface area contributed by atoms with Crippen molar-refractivity contribution in [2.45, 2.75) is 0 Å². The largest absolute Gasteiger partial charge is 0.456 e. The van der Waals surface area contributed by atoms with Gasteiger partial charge in [0, 0.05) is 10.8 Å². The van der Waals surface area contributed by atoms with Crippen LogP contribution in [0.15, 0.2) is 89.3 Å². The first-order chi connectivity index (χ1) is 13.7. The maximum atomic E-state index is 9.10. The molecular formula is C25H14ClNO. The lowest BCUT2D eigenvalue weighted by Crippen LogP contribution is -1.82. The van der Waals surface area contributed by atoms with Gasteiger partial charge in [-0.25, -0.2) is 0 Å². The van der Waals surface area contributed by atoms with Crippen LogP contribution in [0.2, 0.25) is 5.02 Å². The van der Waals surface area contributed by atoms with Crippen LogP contribution in [0.5, 0.6) is 0 Å². The number of halogens is 1. The second-order valence-corrected chi connectivity index (χ2v) is 7.10. The molecular weight excluding hydrogens is 366 g/mol. The third-order valence-electron chi connectivity index (χ3n) is 4.99. The van der Waals surface area contributed by atoms with Gasteiger partial charge in [-0.05, 0) is 58.7 Å². The van der Waals surface area contributed by atoms with Gasteiger partial charge >= 0.3 is 0 Å². The number of benzene rings is 4. The van der Waals surface area contributed by atoms with Crippen LogP contribution in [0, 0.1) is 11.3 Å². The van der Waals surface area contributed by atoms with E-state index in [2.05, 4.69) is 42.5 Å². The van der Waals surface area contributed by atoms with E-state index >= 15 is 0 Å². The lowest BCUT2D eigenvalue weighted by molar-refractivity contribution is 0.669. The average molecular weight is 380 g/mol. The van der Waals surface area contributed by atoms with E-state index in [0.29, 0.717) is 10.6 Å². The highest BCUT2D eigenvalue weighted by molar-refractivity contribution is 6.37. The van der Waals surface area contributed by atoms with Gasteiger partial charge in [0.15, 0.2) is 0 Å². The van der Waals surface area contributed by atoms with Crippen LogP contribution in [0.25, 0.3) is 44.2 Å². The highest BCUT2D eigenvalue weighted by atomic mass is 35.5. The van der Waals surface area contributed by atoms with E-state index in [1.807, 2.05) is 48.5 Å². The normalized spacial score (nSPS) is 11.0. The summed E-state index contributed by atoms with van der Waals surface area (Å²) in [5, 5.41) is 11.8. The predicted molar refractivity (Wildman–Crippen MR) is 114 cm³/mol. The number of hydrogen-bond acceptors (Lipinski definition) is 2. The van der Waals surface area contributed by atoms with Crippen LogP contribution in [0.1, 0.15) is 5.56 Å². The Labute approximate surface area is 167 Å². The zero-order chi connectivity index (χ0) is 19.1. The lowest BCUT2D eigenvalue weighted by atomic mass is 9.98. The molecule has 0 saturated heterocycles. The summed E-state index contributed by atoms with van der Waals surface area (Å²) in [6.07, 6.45) is 0. The minimum absolute atomic E-state index is 0.663. The van der Waals surface area contributed by atoms with Crippen molar-refractivity contribution in [1.82, 2.24) is 0 Å². The van der Waals surface area contributed by atoms with Crippen LogP contribution in [0.3, 0.4) is 0 Å². The first-order valence-corrected chi connectivity index (χ1v) is 9.32. The summed E-state index contributed by atoms with van der Waals surface area (Å²) in [5.74, 6) is 0. The SMILES string of the molecule is N#Cc1cccc(-c2ccc(-c3ccc4oc5cccc(Cl)c5c4c3)cc2)c1. The molecule has 5 rings (SSSR count). The topological polar surface area (TPSA) is 36.9 Å². The Balaban J connectivity index is 1.58. The molecule has 2 nitrogen and oxygen atoms in total. The van der Waals surface area contributed by atoms with E-state index in [9.17, 15) is 0 Å². The highest BCUT2D eigenvalue weighted by Crippen LogP contribution is 2.36. The van der Waals surface area contributed by atoms with Crippen molar-refractivity contribution in [3.8, 4) is 28.3 Å². The van der Waals surface area contributed by atoms with Gasteiger partial charge < -0.3 is 4.42 Å². The Bertz CT molecular complexity index is 1370. The predicted octanol–water partition coefficient (Wildman–Crippen LogP) is 7.45. The van der Waals surface area contributed by atoms with Crippen molar-refractivity contribution in [3.05, 3.63) is 95.5 Å². The van der Waals surface area contributed by atoms with Crippen LogP contribution in [0.4, 0.5) is 0 Å². The molecule has 0 saturated carbocycles. The summed E-state index contributed by atoms with van der Waals surface area (Å²) >= 11 is 6.41. The van der Waals surface area contributed by atoms with Gasteiger partial charge in [0.1, 0.15) is 11.2 Å². The maximum Gasteiger partial charge on any atom is 0.136 e. The van der Waals surface area contributed by atoms with E-state index < -0.39 is 0 Å². The smallest absolute Gasteiger partial charge is 0.136 e.